The third kappa shape index (κ3) is 5.05. The molecule has 1 aromatic carbocycles. The molecule has 2 atom stereocenters. The number of carbonyl (C=O) groups is 2. The zero-order chi connectivity index (χ0) is 17.6. The summed E-state index contributed by atoms with van der Waals surface area (Å²) in [6.45, 7) is 0. The van der Waals surface area contributed by atoms with E-state index in [0.29, 0.717) is 0 Å². The molecule has 2 saturated carbocycles. The molecule has 1 aromatic rings. The van der Waals surface area contributed by atoms with Crippen molar-refractivity contribution in [3.8, 4) is 0 Å². The van der Waals surface area contributed by atoms with Crippen LogP contribution >= 0.6 is 0 Å². The maximum absolute atomic E-state index is 12.4. The highest BCUT2D eigenvalue weighted by Crippen LogP contribution is 2.27. The van der Waals surface area contributed by atoms with E-state index in [1.807, 2.05) is 24.3 Å². The lowest BCUT2D eigenvalue weighted by Crippen LogP contribution is -2.34. The normalized spacial score (nSPS) is 24.5. The van der Waals surface area contributed by atoms with Gasteiger partial charge in [-0.2, -0.15) is 0 Å². The minimum absolute atomic E-state index is 0.00997. The number of hydrogen-bond donors (Lipinski definition) is 3. The van der Waals surface area contributed by atoms with Gasteiger partial charge >= 0.3 is 0 Å². The van der Waals surface area contributed by atoms with E-state index in [-0.39, 0.29) is 29.7 Å². The Morgan fingerprint density at radius 1 is 0.840 bits per heavy atom. The fraction of sp³-hybridized carbons (Fsp3) is 0.600. The van der Waals surface area contributed by atoms with Crippen molar-refractivity contribution in [2.45, 2.75) is 63.8 Å². The summed E-state index contributed by atoms with van der Waals surface area (Å²) < 4.78 is 0. The largest absolute Gasteiger partial charge is 0.328 e. The van der Waals surface area contributed by atoms with Gasteiger partial charge in [0.2, 0.25) is 11.8 Å². The highest BCUT2D eigenvalue weighted by Gasteiger charge is 2.25. The minimum atomic E-state index is -0.00997. The molecule has 2 aliphatic rings. The van der Waals surface area contributed by atoms with E-state index in [0.717, 1.165) is 62.7 Å². The first-order valence-electron chi connectivity index (χ1n) is 9.59. The van der Waals surface area contributed by atoms with E-state index in [9.17, 15) is 9.59 Å². The molecule has 5 nitrogen and oxygen atoms in total. The number of anilines is 2. The van der Waals surface area contributed by atoms with Crippen LogP contribution in [0.3, 0.4) is 0 Å². The Morgan fingerprint density at radius 3 is 2.08 bits per heavy atom. The van der Waals surface area contributed by atoms with Gasteiger partial charge in [-0.05, 0) is 50.3 Å². The van der Waals surface area contributed by atoms with Gasteiger partial charge in [0.25, 0.3) is 0 Å². The van der Waals surface area contributed by atoms with Crippen LogP contribution in [0, 0.1) is 11.8 Å². The number of nitrogens with one attached hydrogen (secondary N) is 2. The van der Waals surface area contributed by atoms with Gasteiger partial charge < -0.3 is 16.4 Å². The Labute approximate surface area is 149 Å². The van der Waals surface area contributed by atoms with Crippen LogP contribution in [-0.2, 0) is 9.59 Å². The van der Waals surface area contributed by atoms with Crippen molar-refractivity contribution in [3.63, 3.8) is 0 Å². The predicted molar refractivity (Wildman–Crippen MR) is 100 cm³/mol. The summed E-state index contributed by atoms with van der Waals surface area (Å²) in [5.74, 6) is 0.243. The number of nitrogens with two attached hydrogens (primary N) is 1. The number of carbonyl (C=O) groups excluding carboxylic acids is 2. The summed E-state index contributed by atoms with van der Waals surface area (Å²) in [5.41, 5.74) is 7.45. The summed E-state index contributed by atoms with van der Waals surface area (Å²) >= 11 is 0. The smallest absolute Gasteiger partial charge is 0.227 e. The van der Waals surface area contributed by atoms with Crippen molar-refractivity contribution in [3.05, 3.63) is 24.3 Å². The number of amides is 2. The number of hydrogen-bond acceptors (Lipinski definition) is 3. The quantitative estimate of drug-likeness (QED) is 0.780. The van der Waals surface area contributed by atoms with Gasteiger partial charge in [0.1, 0.15) is 0 Å². The zero-order valence-corrected chi connectivity index (χ0v) is 14.8. The van der Waals surface area contributed by atoms with E-state index in [2.05, 4.69) is 10.6 Å². The summed E-state index contributed by atoms with van der Waals surface area (Å²) in [6.07, 6.45) is 9.13. The van der Waals surface area contributed by atoms with Crippen molar-refractivity contribution in [1.29, 1.82) is 0 Å². The van der Waals surface area contributed by atoms with Crippen molar-refractivity contribution in [2.75, 3.05) is 10.6 Å². The number of rotatable bonds is 4. The van der Waals surface area contributed by atoms with Gasteiger partial charge in [-0.1, -0.05) is 31.7 Å². The predicted octanol–water partition coefficient (Wildman–Crippen LogP) is 3.66. The third-order valence-electron chi connectivity index (χ3n) is 5.46. The van der Waals surface area contributed by atoms with E-state index in [4.69, 9.17) is 5.73 Å². The first-order valence-corrected chi connectivity index (χ1v) is 9.59. The maximum atomic E-state index is 12.4. The molecule has 0 bridgehead atoms. The van der Waals surface area contributed by atoms with Gasteiger partial charge in [0.15, 0.2) is 0 Å². The lowest BCUT2D eigenvalue weighted by Gasteiger charge is -2.25. The first-order chi connectivity index (χ1) is 12.1. The molecule has 0 aliphatic heterocycles. The minimum Gasteiger partial charge on any atom is -0.328 e. The fourth-order valence-electron chi connectivity index (χ4n) is 3.99. The monoisotopic (exact) mass is 343 g/mol. The zero-order valence-electron chi connectivity index (χ0n) is 14.8. The second-order valence-electron chi connectivity index (χ2n) is 7.52. The average Bonchev–Trinajstić information content (AvgIpc) is 2.63. The van der Waals surface area contributed by atoms with Crippen LogP contribution in [0.4, 0.5) is 11.4 Å². The molecule has 2 fully saturated rings. The molecule has 0 spiro atoms. The van der Waals surface area contributed by atoms with E-state index in [1.165, 1.54) is 6.42 Å². The van der Waals surface area contributed by atoms with Crippen LogP contribution in [-0.4, -0.2) is 17.9 Å². The average molecular weight is 343 g/mol. The Balaban J connectivity index is 1.57. The summed E-state index contributed by atoms with van der Waals surface area (Å²) in [7, 11) is 0. The van der Waals surface area contributed by atoms with Crippen LogP contribution in [0.2, 0.25) is 0 Å². The molecular weight excluding hydrogens is 314 g/mol. The van der Waals surface area contributed by atoms with E-state index < -0.39 is 0 Å². The van der Waals surface area contributed by atoms with Gasteiger partial charge in [-0.25, -0.2) is 0 Å². The molecule has 136 valence electrons. The SMILES string of the molecule is NC1CCCC(C(=O)Nc2cccc(NC(=O)C3CCCCC3)c2)C1. The number of benzene rings is 1. The molecule has 2 amide bonds. The van der Waals surface area contributed by atoms with Crippen molar-refractivity contribution < 1.29 is 9.59 Å². The lowest BCUT2D eigenvalue weighted by molar-refractivity contribution is -0.121. The molecular formula is C20H29N3O2. The van der Waals surface area contributed by atoms with Crippen molar-refractivity contribution >= 4 is 23.2 Å². The Hall–Kier alpha value is -1.88. The van der Waals surface area contributed by atoms with Gasteiger partial charge in [0.05, 0.1) is 0 Å². The summed E-state index contributed by atoms with van der Waals surface area (Å²) in [6, 6.07) is 7.55. The molecule has 0 aromatic heterocycles. The molecule has 2 unspecified atom stereocenters. The Morgan fingerprint density at radius 2 is 1.44 bits per heavy atom. The van der Waals surface area contributed by atoms with Crippen LogP contribution in [0.25, 0.3) is 0 Å². The van der Waals surface area contributed by atoms with Crippen LogP contribution in [0.5, 0.6) is 0 Å². The van der Waals surface area contributed by atoms with E-state index >= 15 is 0 Å². The summed E-state index contributed by atoms with van der Waals surface area (Å²) in [5, 5.41) is 5.98. The fourth-order valence-corrected chi connectivity index (χ4v) is 3.99. The first kappa shape index (κ1) is 17.9. The second-order valence-corrected chi connectivity index (χ2v) is 7.52. The molecule has 0 heterocycles. The topological polar surface area (TPSA) is 84.2 Å². The van der Waals surface area contributed by atoms with Gasteiger partial charge in [0, 0.05) is 29.3 Å². The molecule has 2 aliphatic carbocycles. The molecule has 4 N–H and O–H groups in total. The molecule has 5 heteroatoms. The molecule has 25 heavy (non-hydrogen) atoms. The third-order valence-corrected chi connectivity index (χ3v) is 5.46. The highest BCUT2D eigenvalue weighted by atomic mass is 16.2. The molecule has 0 saturated heterocycles. The second kappa shape index (κ2) is 8.48. The van der Waals surface area contributed by atoms with Gasteiger partial charge in [-0.3, -0.25) is 9.59 Å². The summed E-state index contributed by atoms with van der Waals surface area (Å²) in [4.78, 5) is 24.8. The van der Waals surface area contributed by atoms with Crippen LogP contribution in [0.1, 0.15) is 57.8 Å². The van der Waals surface area contributed by atoms with Crippen LogP contribution in [0.15, 0.2) is 24.3 Å². The van der Waals surface area contributed by atoms with Crippen LogP contribution < -0.4 is 16.4 Å². The van der Waals surface area contributed by atoms with Crippen molar-refractivity contribution in [1.82, 2.24) is 0 Å². The maximum Gasteiger partial charge on any atom is 0.227 e. The highest BCUT2D eigenvalue weighted by molar-refractivity contribution is 5.95. The van der Waals surface area contributed by atoms with Gasteiger partial charge in [-0.15, -0.1) is 0 Å². The Bertz CT molecular complexity index is 611. The molecule has 3 rings (SSSR count). The Kier molecular flexibility index (Phi) is 6.08. The molecule has 0 radical (unpaired) electrons. The van der Waals surface area contributed by atoms with Crippen molar-refractivity contribution in [2.24, 2.45) is 17.6 Å². The standard InChI is InChI=1S/C20H29N3O2/c21-16-9-4-8-15(12-16)20(25)23-18-11-5-10-17(13-18)22-19(24)14-6-2-1-3-7-14/h5,10-11,13-16H,1-4,6-9,12,21H2,(H,22,24)(H,23,25). The van der Waals surface area contributed by atoms with E-state index in [1.54, 1.807) is 0 Å². The lowest BCUT2D eigenvalue weighted by atomic mass is 9.85.